The van der Waals surface area contributed by atoms with Crippen LogP contribution in [0.3, 0.4) is 0 Å². The Morgan fingerprint density at radius 1 is 1.29 bits per heavy atom. The Kier molecular flexibility index (Phi) is 4.63. The number of hydrogen-bond donors (Lipinski definition) is 1. The average molecular weight is 193 g/mol. The Morgan fingerprint density at radius 2 is 1.93 bits per heavy atom. The highest BCUT2D eigenvalue weighted by atomic mass is 16.5. The molecule has 2 nitrogen and oxygen atoms in total. The molecule has 0 bridgehead atoms. The van der Waals surface area contributed by atoms with E-state index in [4.69, 9.17) is 10.5 Å². The summed E-state index contributed by atoms with van der Waals surface area (Å²) in [6, 6.07) is 8.54. The summed E-state index contributed by atoms with van der Waals surface area (Å²) in [6.45, 7) is 5.45. The molecule has 0 aliphatic carbocycles. The van der Waals surface area contributed by atoms with Gasteiger partial charge in [0.25, 0.3) is 0 Å². The molecule has 2 N–H and O–H groups in total. The van der Waals surface area contributed by atoms with Gasteiger partial charge in [-0.25, -0.2) is 0 Å². The van der Waals surface area contributed by atoms with Crippen molar-refractivity contribution >= 4 is 0 Å². The Balaban J connectivity index is 2.28. The third-order valence-corrected chi connectivity index (χ3v) is 2.25. The van der Waals surface area contributed by atoms with Gasteiger partial charge in [-0.1, -0.05) is 36.8 Å². The molecule has 1 aromatic carbocycles. The number of rotatable bonds is 5. The second-order valence-corrected chi connectivity index (χ2v) is 3.67. The number of ether oxygens (including phenoxy) is 1. The van der Waals surface area contributed by atoms with Gasteiger partial charge in [0.05, 0.1) is 13.2 Å². The zero-order valence-corrected chi connectivity index (χ0v) is 8.99. The first kappa shape index (κ1) is 11.2. The summed E-state index contributed by atoms with van der Waals surface area (Å²) in [5.41, 5.74) is 8.22. The van der Waals surface area contributed by atoms with Crippen LogP contribution in [0.25, 0.3) is 0 Å². The fourth-order valence-corrected chi connectivity index (χ4v) is 1.13. The van der Waals surface area contributed by atoms with Crippen LogP contribution in [0.15, 0.2) is 24.3 Å². The first-order valence-corrected chi connectivity index (χ1v) is 5.11. The van der Waals surface area contributed by atoms with Crippen LogP contribution in [0.4, 0.5) is 0 Å². The Labute approximate surface area is 86.1 Å². The van der Waals surface area contributed by atoms with E-state index < -0.39 is 0 Å². The highest BCUT2D eigenvalue weighted by Gasteiger charge is 1.98. The van der Waals surface area contributed by atoms with Gasteiger partial charge in [0.2, 0.25) is 0 Å². The third kappa shape index (κ3) is 3.90. The minimum atomic E-state index is 0.167. The van der Waals surface area contributed by atoms with Crippen LogP contribution in [0.1, 0.15) is 24.5 Å². The maximum absolute atomic E-state index is 5.74. The van der Waals surface area contributed by atoms with E-state index in [0.29, 0.717) is 13.2 Å². The third-order valence-electron chi connectivity index (χ3n) is 2.25. The molecule has 1 atom stereocenters. The van der Waals surface area contributed by atoms with E-state index in [9.17, 15) is 0 Å². The van der Waals surface area contributed by atoms with Crippen molar-refractivity contribution in [2.45, 2.75) is 32.9 Å². The lowest BCUT2D eigenvalue weighted by molar-refractivity contribution is 0.107. The second-order valence-electron chi connectivity index (χ2n) is 3.67. The molecule has 2 heteroatoms. The van der Waals surface area contributed by atoms with E-state index in [1.54, 1.807) is 0 Å². The summed E-state index contributed by atoms with van der Waals surface area (Å²) in [5, 5.41) is 0. The van der Waals surface area contributed by atoms with E-state index in [1.165, 1.54) is 11.1 Å². The first-order chi connectivity index (χ1) is 6.72. The Hall–Kier alpha value is -0.860. The lowest BCUT2D eigenvalue weighted by Gasteiger charge is -2.09. The van der Waals surface area contributed by atoms with Gasteiger partial charge in [-0.15, -0.1) is 0 Å². The smallest absolute Gasteiger partial charge is 0.0717 e. The summed E-state index contributed by atoms with van der Waals surface area (Å²) in [5.74, 6) is 0. The van der Waals surface area contributed by atoms with Crippen LogP contribution in [0, 0.1) is 6.92 Å². The molecule has 0 aromatic heterocycles. The van der Waals surface area contributed by atoms with Crippen molar-refractivity contribution in [3.8, 4) is 0 Å². The molecule has 78 valence electrons. The van der Waals surface area contributed by atoms with Gasteiger partial charge < -0.3 is 10.5 Å². The van der Waals surface area contributed by atoms with Gasteiger partial charge in [0.15, 0.2) is 0 Å². The van der Waals surface area contributed by atoms with Gasteiger partial charge >= 0.3 is 0 Å². The molecule has 0 fully saturated rings. The standard InChI is InChI=1S/C12H19NO/c1-3-12(13)9-14-8-11-6-4-10(2)5-7-11/h4-7,12H,3,8-9,13H2,1-2H3/t12-/m0/s1. The van der Waals surface area contributed by atoms with Gasteiger partial charge in [0.1, 0.15) is 0 Å². The Morgan fingerprint density at radius 3 is 2.50 bits per heavy atom. The summed E-state index contributed by atoms with van der Waals surface area (Å²) in [7, 11) is 0. The predicted molar refractivity (Wildman–Crippen MR) is 59.1 cm³/mol. The largest absolute Gasteiger partial charge is 0.375 e. The zero-order chi connectivity index (χ0) is 10.4. The Bertz CT molecular complexity index is 256. The van der Waals surface area contributed by atoms with E-state index in [1.807, 2.05) is 0 Å². The molecule has 1 rings (SSSR count). The predicted octanol–water partition coefficient (Wildman–Crippen LogP) is 2.25. The van der Waals surface area contributed by atoms with Crippen LogP contribution >= 0.6 is 0 Å². The molecule has 14 heavy (non-hydrogen) atoms. The van der Waals surface area contributed by atoms with E-state index in [2.05, 4.69) is 38.1 Å². The second kappa shape index (κ2) is 5.78. The van der Waals surface area contributed by atoms with Crippen LogP contribution in [-0.2, 0) is 11.3 Å². The quantitative estimate of drug-likeness (QED) is 0.778. The molecule has 0 aliphatic rings. The lowest BCUT2D eigenvalue weighted by Crippen LogP contribution is -2.24. The maximum atomic E-state index is 5.74. The molecule has 0 radical (unpaired) electrons. The SMILES string of the molecule is CC[C@H](N)COCc1ccc(C)cc1. The van der Waals surface area contributed by atoms with Crippen LogP contribution in [0.5, 0.6) is 0 Å². The molecule has 0 spiro atoms. The van der Waals surface area contributed by atoms with Gasteiger partial charge in [0, 0.05) is 6.04 Å². The fraction of sp³-hybridized carbons (Fsp3) is 0.500. The molecule has 0 aliphatic heterocycles. The van der Waals surface area contributed by atoms with Crippen molar-refractivity contribution in [3.63, 3.8) is 0 Å². The molecule has 0 saturated carbocycles. The molecular weight excluding hydrogens is 174 g/mol. The van der Waals surface area contributed by atoms with Gasteiger partial charge in [-0.3, -0.25) is 0 Å². The van der Waals surface area contributed by atoms with Crippen molar-refractivity contribution in [1.82, 2.24) is 0 Å². The molecule has 0 heterocycles. The van der Waals surface area contributed by atoms with E-state index in [0.717, 1.165) is 6.42 Å². The average Bonchev–Trinajstić information content (AvgIpc) is 2.21. The molecule has 0 saturated heterocycles. The minimum absolute atomic E-state index is 0.167. The molecule has 0 amide bonds. The monoisotopic (exact) mass is 193 g/mol. The number of hydrogen-bond acceptors (Lipinski definition) is 2. The van der Waals surface area contributed by atoms with Gasteiger partial charge in [-0.2, -0.15) is 0 Å². The molecule has 0 unspecified atom stereocenters. The molecule has 1 aromatic rings. The van der Waals surface area contributed by atoms with Crippen molar-refractivity contribution < 1.29 is 4.74 Å². The van der Waals surface area contributed by atoms with Crippen LogP contribution < -0.4 is 5.73 Å². The zero-order valence-electron chi connectivity index (χ0n) is 8.99. The van der Waals surface area contributed by atoms with Crippen molar-refractivity contribution in [3.05, 3.63) is 35.4 Å². The summed E-state index contributed by atoms with van der Waals surface area (Å²) >= 11 is 0. The summed E-state index contributed by atoms with van der Waals surface area (Å²) < 4.78 is 5.49. The van der Waals surface area contributed by atoms with E-state index >= 15 is 0 Å². The van der Waals surface area contributed by atoms with Crippen molar-refractivity contribution in [2.24, 2.45) is 5.73 Å². The fourth-order valence-electron chi connectivity index (χ4n) is 1.13. The van der Waals surface area contributed by atoms with E-state index in [-0.39, 0.29) is 6.04 Å². The first-order valence-electron chi connectivity index (χ1n) is 5.11. The van der Waals surface area contributed by atoms with Gasteiger partial charge in [-0.05, 0) is 18.9 Å². The topological polar surface area (TPSA) is 35.2 Å². The maximum Gasteiger partial charge on any atom is 0.0717 e. The minimum Gasteiger partial charge on any atom is -0.375 e. The van der Waals surface area contributed by atoms with Crippen molar-refractivity contribution in [1.29, 1.82) is 0 Å². The van der Waals surface area contributed by atoms with Crippen LogP contribution in [0.2, 0.25) is 0 Å². The van der Waals surface area contributed by atoms with Crippen LogP contribution in [-0.4, -0.2) is 12.6 Å². The normalized spacial score (nSPS) is 12.8. The summed E-state index contributed by atoms with van der Waals surface area (Å²) in [6.07, 6.45) is 0.966. The van der Waals surface area contributed by atoms with Crippen molar-refractivity contribution in [2.75, 3.05) is 6.61 Å². The number of aryl methyl sites for hydroxylation is 1. The highest BCUT2D eigenvalue weighted by Crippen LogP contribution is 2.04. The highest BCUT2D eigenvalue weighted by molar-refractivity contribution is 5.20. The molecular formula is C12H19NO. The lowest BCUT2D eigenvalue weighted by atomic mass is 10.2. The summed E-state index contributed by atoms with van der Waals surface area (Å²) in [4.78, 5) is 0. The number of benzene rings is 1. The number of nitrogens with two attached hydrogens (primary N) is 1.